The lowest BCUT2D eigenvalue weighted by Crippen LogP contribution is -2.31. The monoisotopic (exact) mass is 401 g/mol. The van der Waals surface area contributed by atoms with Crippen LogP contribution in [0.4, 0.5) is 10.1 Å². The Morgan fingerprint density at radius 3 is 2.90 bits per heavy atom. The molecule has 1 aliphatic rings. The lowest BCUT2D eigenvalue weighted by Gasteiger charge is -2.29. The molecule has 30 heavy (non-hydrogen) atoms. The number of nitrogens with one attached hydrogen (secondary N) is 2. The number of fused-ring (bicyclic) bond motifs is 2. The molecule has 0 saturated heterocycles. The summed E-state index contributed by atoms with van der Waals surface area (Å²) in [6.07, 6.45) is 4.05. The van der Waals surface area contributed by atoms with Gasteiger partial charge in [-0.05, 0) is 53.9 Å². The van der Waals surface area contributed by atoms with Crippen LogP contribution in [0.1, 0.15) is 27.3 Å². The maximum Gasteiger partial charge on any atom is 0.255 e. The number of nitrogens with zero attached hydrogens (tertiary/aromatic N) is 3. The Hall–Kier alpha value is -3.58. The number of carbonyl (C=O) groups excluding carboxylic acids is 1. The SMILES string of the molecule is O=C(Nc1cccc2c1CCN(Cc1nc3ccc(F)cc3[nH]1)C2)c1ccncc1. The Labute approximate surface area is 172 Å². The third-order valence-corrected chi connectivity index (χ3v) is 5.40. The summed E-state index contributed by atoms with van der Waals surface area (Å²) in [5.74, 6) is 0.412. The summed E-state index contributed by atoms with van der Waals surface area (Å²) in [6.45, 7) is 2.27. The molecule has 7 heteroatoms. The molecular weight excluding hydrogens is 381 g/mol. The highest BCUT2D eigenvalue weighted by Crippen LogP contribution is 2.27. The van der Waals surface area contributed by atoms with Crippen LogP contribution in [0.3, 0.4) is 0 Å². The minimum atomic E-state index is -0.272. The van der Waals surface area contributed by atoms with Crippen molar-refractivity contribution in [2.45, 2.75) is 19.5 Å². The second kappa shape index (κ2) is 7.68. The van der Waals surface area contributed by atoms with Gasteiger partial charge in [-0.2, -0.15) is 0 Å². The largest absolute Gasteiger partial charge is 0.341 e. The summed E-state index contributed by atoms with van der Waals surface area (Å²) in [5.41, 5.74) is 5.28. The number of imidazole rings is 1. The minimum Gasteiger partial charge on any atom is -0.341 e. The van der Waals surface area contributed by atoms with E-state index in [1.165, 1.54) is 23.3 Å². The number of aromatic nitrogens is 3. The maximum atomic E-state index is 13.4. The fourth-order valence-corrected chi connectivity index (χ4v) is 3.94. The molecule has 0 bridgehead atoms. The van der Waals surface area contributed by atoms with Gasteiger partial charge in [0, 0.05) is 36.7 Å². The molecule has 0 saturated carbocycles. The zero-order chi connectivity index (χ0) is 20.5. The van der Waals surface area contributed by atoms with E-state index in [2.05, 4.69) is 31.2 Å². The molecular formula is C23H20FN5O. The number of halogens is 1. The molecule has 1 amide bonds. The highest BCUT2D eigenvalue weighted by molar-refractivity contribution is 6.04. The van der Waals surface area contributed by atoms with Crippen LogP contribution in [-0.2, 0) is 19.5 Å². The van der Waals surface area contributed by atoms with Crippen LogP contribution in [0.25, 0.3) is 11.0 Å². The molecule has 150 valence electrons. The number of hydrogen-bond donors (Lipinski definition) is 2. The molecule has 0 atom stereocenters. The van der Waals surface area contributed by atoms with E-state index < -0.39 is 0 Å². The number of benzene rings is 2. The Morgan fingerprint density at radius 1 is 1.17 bits per heavy atom. The van der Waals surface area contributed by atoms with Gasteiger partial charge >= 0.3 is 0 Å². The second-order valence-electron chi connectivity index (χ2n) is 7.44. The molecule has 6 nitrogen and oxygen atoms in total. The Morgan fingerprint density at radius 2 is 2.03 bits per heavy atom. The first-order valence-electron chi connectivity index (χ1n) is 9.84. The molecule has 1 aliphatic heterocycles. The van der Waals surface area contributed by atoms with Gasteiger partial charge in [-0.3, -0.25) is 14.7 Å². The van der Waals surface area contributed by atoms with Gasteiger partial charge in [-0.15, -0.1) is 0 Å². The first-order chi connectivity index (χ1) is 14.7. The molecule has 2 aromatic carbocycles. The van der Waals surface area contributed by atoms with Crippen LogP contribution >= 0.6 is 0 Å². The third-order valence-electron chi connectivity index (χ3n) is 5.40. The van der Waals surface area contributed by atoms with E-state index in [9.17, 15) is 9.18 Å². The molecule has 0 unspecified atom stereocenters. The van der Waals surface area contributed by atoms with E-state index in [1.54, 1.807) is 30.6 Å². The maximum absolute atomic E-state index is 13.4. The number of amides is 1. The zero-order valence-corrected chi connectivity index (χ0v) is 16.2. The molecule has 4 aromatic rings. The van der Waals surface area contributed by atoms with Crippen molar-refractivity contribution < 1.29 is 9.18 Å². The average molecular weight is 401 g/mol. The molecule has 3 heterocycles. The van der Waals surface area contributed by atoms with Crippen LogP contribution in [0.15, 0.2) is 60.9 Å². The van der Waals surface area contributed by atoms with Crippen molar-refractivity contribution in [1.82, 2.24) is 19.9 Å². The van der Waals surface area contributed by atoms with Crippen molar-refractivity contribution >= 4 is 22.6 Å². The number of hydrogen-bond acceptors (Lipinski definition) is 4. The molecule has 2 N–H and O–H groups in total. The van der Waals surface area contributed by atoms with E-state index in [4.69, 9.17) is 0 Å². The minimum absolute atomic E-state index is 0.136. The van der Waals surface area contributed by atoms with Gasteiger partial charge < -0.3 is 10.3 Å². The number of anilines is 1. The summed E-state index contributed by atoms with van der Waals surface area (Å²) in [6, 6.07) is 14.0. The van der Waals surface area contributed by atoms with Gasteiger partial charge in [0.1, 0.15) is 11.6 Å². The summed E-state index contributed by atoms with van der Waals surface area (Å²) in [4.78, 5) is 26.6. The predicted molar refractivity (Wildman–Crippen MR) is 113 cm³/mol. The highest BCUT2D eigenvalue weighted by atomic mass is 19.1. The van der Waals surface area contributed by atoms with Gasteiger partial charge in [0.2, 0.25) is 0 Å². The Balaban J connectivity index is 1.32. The van der Waals surface area contributed by atoms with Crippen molar-refractivity contribution in [2.75, 3.05) is 11.9 Å². The number of carbonyl (C=O) groups is 1. The molecule has 0 fully saturated rings. The van der Waals surface area contributed by atoms with Crippen LogP contribution in [0.2, 0.25) is 0 Å². The predicted octanol–water partition coefficient (Wildman–Crippen LogP) is 3.91. The average Bonchev–Trinajstić information content (AvgIpc) is 3.15. The number of H-pyrrole nitrogens is 1. The summed E-state index contributed by atoms with van der Waals surface area (Å²) in [7, 11) is 0. The van der Waals surface area contributed by atoms with Gasteiger partial charge in [0.05, 0.1) is 17.6 Å². The van der Waals surface area contributed by atoms with Crippen molar-refractivity contribution in [3.8, 4) is 0 Å². The summed E-state index contributed by atoms with van der Waals surface area (Å²) >= 11 is 0. The Bertz CT molecular complexity index is 1220. The molecule has 0 spiro atoms. The van der Waals surface area contributed by atoms with Crippen LogP contribution in [-0.4, -0.2) is 32.3 Å². The first-order valence-corrected chi connectivity index (χ1v) is 9.84. The van der Waals surface area contributed by atoms with Crippen molar-refractivity contribution in [3.05, 3.63) is 89.3 Å². The lowest BCUT2D eigenvalue weighted by atomic mass is 9.97. The fourth-order valence-electron chi connectivity index (χ4n) is 3.94. The van der Waals surface area contributed by atoms with Gasteiger partial charge in [0.25, 0.3) is 5.91 Å². The quantitative estimate of drug-likeness (QED) is 0.544. The second-order valence-corrected chi connectivity index (χ2v) is 7.44. The van der Waals surface area contributed by atoms with E-state index in [0.717, 1.165) is 36.5 Å². The number of pyridine rings is 1. The summed E-state index contributed by atoms with van der Waals surface area (Å²) < 4.78 is 13.4. The summed E-state index contributed by atoms with van der Waals surface area (Å²) in [5, 5.41) is 3.03. The standard InChI is InChI=1S/C23H20FN5O/c24-17-4-5-20-21(12-17)27-22(26-20)14-29-11-8-18-16(13-29)2-1-3-19(18)28-23(30)15-6-9-25-10-7-15/h1-7,9-10,12H,8,11,13-14H2,(H,26,27)(H,28,30). The molecule has 0 radical (unpaired) electrons. The topological polar surface area (TPSA) is 73.9 Å². The molecule has 0 aliphatic carbocycles. The van der Waals surface area contributed by atoms with Crippen LogP contribution in [0.5, 0.6) is 0 Å². The van der Waals surface area contributed by atoms with Gasteiger partial charge in [-0.1, -0.05) is 12.1 Å². The van der Waals surface area contributed by atoms with E-state index in [-0.39, 0.29) is 11.7 Å². The molecule has 2 aromatic heterocycles. The fraction of sp³-hybridized carbons (Fsp3) is 0.174. The van der Waals surface area contributed by atoms with E-state index >= 15 is 0 Å². The van der Waals surface area contributed by atoms with E-state index in [0.29, 0.717) is 17.6 Å². The van der Waals surface area contributed by atoms with Crippen LogP contribution < -0.4 is 5.32 Å². The lowest BCUT2D eigenvalue weighted by molar-refractivity contribution is 0.102. The third kappa shape index (κ3) is 3.67. The van der Waals surface area contributed by atoms with Crippen molar-refractivity contribution in [3.63, 3.8) is 0 Å². The first kappa shape index (κ1) is 18.4. The van der Waals surface area contributed by atoms with Crippen molar-refractivity contribution in [1.29, 1.82) is 0 Å². The Kier molecular flexibility index (Phi) is 4.72. The zero-order valence-electron chi connectivity index (χ0n) is 16.2. The smallest absolute Gasteiger partial charge is 0.255 e. The normalized spacial score (nSPS) is 13.9. The van der Waals surface area contributed by atoms with Crippen molar-refractivity contribution in [2.24, 2.45) is 0 Å². The molecule has 5 rings (SSSR count). The number of aromatic amines is 1. The van der Waals surface area contributed by atoms with Gasteiger partial charge in [0.15, 0.2) is 0 Å². The number of rotatable bonds is 4. The highest BCUT2D eigenvalue weighted by Gasteiger charge is 2.21. The van der Waals surface area contributed by atoms with Crippen LogP contribution in [0, 0.1) is 5.82 Å². The van der Waals surface area contributed by atoms with Gasteiger partial charge in [-0.25, -0.2) is 9.37 Å². The van der Waals surface area contributed by atoms with E-state index in [1.807, 2.05) is 12.1 Å².